The van der Waals surface area contributed by atoms with Gasteiger partial charge in [0.15, 0.2) is 11.6 Å². The summed E-state index contributed by atoms with van der Waals surface area (Å²) >= 11 is 3.53. The van der Waals surface area contributed by atoms with Crippen molar-refractivity contribution in [1.82, 2.24) is 4.57 Å². The number of halogens is 1. The van der Waals surface area contributed by atoms with Crippen LogP contribution in [0.3, 0.4) is 0 Å². The molecule has 180 valence electrons. The fourth-order valence-electron chi connectivity index (χ4n) is 5.26. The van der Waals surface area contributed by atoms with Gasteiger partial charge in [0.1, 0.15) is 0 Å². The second-order valence-corrected chi connectivity index (χ2v) is 10.3. The van der Waals surface area contributed by atoms with E-state index >= 15 is 0 Å². The maximum absolute atomic E-state index is 13.4. The van der Waals surface area contributed by atoms with Gasteiger partial charge in [-0.25, -0.2) is 0 Å². The molecule has 0 amide bonds. The van der Waals surface area contributed by atoms with Gasteiger partial charge in [0.25, 0.3) is 0 Å². The van der Waals surface area contributed by atoms with Gasteiger partial charge in [-0.1, -0.05) is 101 Å². The Morgan fingerprint density at radius 1 is 0.730 bits per heavy atom. The third-order valence-corrected chi connectivity index (χ3v) is 7.62. The predicted octanol–water partition coefficient (Wildman–Crippen LogP) is 8.05. The molecule has 0 radical (unpaired) electrons. The topological polar surface area (TPSA) is 39.1 Å². The van der Waals surface area contributed by atoms with Gasteiger partial charge >= 0.3 is 0 Å². The molecule has 4 aromatic carbocycles. The molecule has 1 aromatic heterocycles. The van der Waals surface area contributed by atoms with E-state index in [1.54, 1.807) is 0 Å². The molecule has 6 rings (SSSR count). The van der Waals surface area contributed by atoms with Crippen LogP contribution in [0.15, 0.2) is 120 Å². The molecule has 5 aromatic rings. The van der Waals surface area contributed by atoms with Gasteiger partial charge in [-0.05, 0) is 53.8 Å². The molecular formula is C33H24BrNO2. The maximum atomic E-state index is 13.4. The molecule has 0 saturated heterocycles. The van der Waals surface area contributed by atoms with E-state index < -0.39 is 0 Å². The minimum Gasteiger partial charge on any atom is -0.313 e. The molecule has 1 atom stereocenters. The molecule has 0 saturated carbocycles. The van der Waals surface area contributed by atoms with Gasteiger partial charge in [0, 0.05) is 39.0 Å². The van der Waals surface area contributed by atoms with Crippen molar-refractivity contribution in [3.8, 4) is 16.9 Å². The van der Waals surface area contributed by atoms with Crippen molar-refractivity contribution >= 4 is 27.5 Å². The average Bonchev–Trinajstić information content (AvgIpc) is 3.34. The highest BCUT2D eigenvalue weighted by Crippen LogP contribution is 2.39. The fourth-order valence-corrected chi connectivity index (χ4v) is 5.53. The van der Waals surface area contributed by atoms with E-state index in [1.165, 1.54) is 5.56 Å². The van der Waals surface area contributed by atoms with Gasteiger partial charge in [-0.3, -0.25) is 9.59 Å². The van der Waals surface area contributed by atoms with E-state index in [1.807, 2.05) is 91.0 Å². The highest BCUT2D eigenvalue weighted by molar-refractivity contribution is 9.10. The third kappa shape index (κ3) is 4.49. The minimum atomic E-state index is -0.0214. The van der Waals surface area contributed by atoms with Crippen LogP contribution in [0, 0.1) is 0 Å². The van der Waals surface area contributed by atoms with Crippen LogP contribution >= 0.6 is 15.9 Å². The second kappa shape index (κ2) is 9.79. The molecule has 1 aliphatic carbocycles. The van der Waals surface area contributed by atoms with E-state index in [0.717, 1.165) is 39.1 Å². The Balaban J connectivity index is 1.51. The molecule has 3 nitrogen and oxygen atoms in total. The summed E-state index contributed by atoms with van der Waals surface area (Å²) in [7, 11) is 0. The van der Waals surface area contributed by atoms with Crippen LogP contribution in [0.25, 0.3) is 16.9 Å². The maximum Gasteiger partial charge on any atom is 0.193 e. The van der Waals surface area contributed by atoms with Gasteiger partial charge in [0.05, 0.1) is 5.69 Å². The Kier molecular flexibility index (Phi) is 6.19. The largest absolute Gasteiger partial charge is 0.313 e. The number of hydrogen-bond donors (Lipinski definition) is 0. The molecule has 4 heteroatoms. The second-order valence-electron chi connectivity index (χ2n) is 9.42. The number of carbonyl (C=O) groups is 2. The van der Waals surface area contributed by atoms with Crippen molar-refractivity contribution in [3.05, 3.63) is 148 Å². The van der Waals surface area contributed by atoms with Crippen molar-refractivity contribution in [3.63, 3.8) is 0 Å². The number of hydrogen-bond acceptors (Lipinski definition) is 2. The molecule has 0 aliphatic heterocycles. The third-order valence-electron chi connectivity index (χ3n) is 7.09. The summed E-state index contributed by atoms with van der Waals surface area (Å²) in [6.07, 6.45) is 1.24. The number of benzene rings is 4. The van der Waals surface area contributed by atoms with Crippen LogP contribution in [0.4, 0.5) is 0 Å². The lowest BCUT2D eigenvalue weighted by atomic mass is 9.82. The molecule has 0 fully saturated rings. The normalized spacial score (nSPS) is 14.8. The highest BCUT2D eigenvalue weighted by Gasteiger charge is 2.31. The van der Waals surface area contributed by atoms with Crippen molar-refractivity contribution < 1.29 is 9.59 Å². The smallest absolute Gasteiger partial charge is 0.193 e. The van der Waals surface area contributed by atoms with Crippen molar-refractivity contribution in [1.29, 1.82) is 0 Å². The Bertz CT molecular complexity index is 1600. The van der Waals surface area contributed by atoms with Gasteiger partial charge in [-0.15, -0.1) is 0 Å². The van der Waals surface area contributed by atoms with Gasteiger partial charge in [-0.2, -0.15) is 0 Å². The van der Waals surface area contributed by atoms with Crippen molar-refractivity contribution in [2.24, 2.45) is 0 Å². The number of Topliss-reactive ketones (excluding diaryl/α,β-unsaturated/α-hetero) is 1. The lowest BCUT2D eigenvalue weighted by Crippen LogP contribution is -2.20. The number of rotatable bonds is 5. The van der Waals surface area contributed by atoms with Crippen LogP contribution in [0.5, 0.6) is 0 Å². The van der Waals surface area contributed by atoms with Gasteiger partial charge in [0.2, 0.25) is 0 Å². The molecule has 0 unspecified atom stereocenters. The summed E-state index contributed by atoms with van der Waals surface area (Å²) < 4.78 is 3.17. The number of ketones is 2. The average molecular weight is 546 g/mol. The predicted molar refractivity (Wildman–Crippen MR) is 151 cm³/mol. The zero-order chi connectivity index (χ0) is 25.4. The zero-order valence-electron chi connectivity index (χ0n) is 20.1. The van der Waals surface area contributed by atoms with E-state index in [0.29, 0.717) is 17.5 Å². The van der Waals surface area contributed by atoms with E-state index in [-0.39, 0.29) is 17.5 Å². The summed E-state index contributed by atoms with van der Waals surface area (Å²) in [5.41, 5.74) is 7.05. The zero-order valence-corrected chi connectivity index (χ0v) is 21.7. The highest BCUT2D eigenvalue weighted by atomic mass is 79.9. The summed E-state index contributed by atoms with van der Waals surface area (Å²) in [6, 6.07) is 37.5. The minimum absolute atomic E-state index is 0.0214. The lowest BCUT2D eigenvalue weighted by Gasteiger charge is -2.24. The number of carbonyl (C=O) groups excluding carboxylic acids is 2. The Morgan fingerprint density at radius 3 is 2.14 bits per heavy atom. The Morgan fingerprint density at radius 2 is 1.41 bits per heavy atom. The molecule has 1 aliphatic rings. The van der Waals surface area contributed by atoms with E-state index in [2.05, 4.69) is 44.8 Å². The number of fused-ring (bicyclic) bond motifs is 1. The molecule has 0 N–H and O–H groups in total. The first-order valence-corrected chi connectivity index (χ1v) is 13.2. The van der Waals surface area contributed by atoms with Gasteiger partial charge < -0.3 is 4.57 Å². The SMILES string of the molecule is O=C(c1ccccc1)c1cccc(-n2c(-c3ccc(Br)cc3)cc3c2C[C@@H](c2ccccc2)CC3=O)c1. The number of nitrogens with zero attached hydrogens (tertiary/aromatic N) is 1. The Labute approximate surface area is 224 Å². The lowest BCUT2D eigenvalue weighted by molar-refractivity contribution is 0.0962. The molecule has 37 heavy (non-hydrogen) atoms. The van der Waals surface area contributed by atoms with Crippen LogP contribution in [-0.4, -0.2) is 16.1 Å². The summed E-state index contributed by atoms with van der Waals surface area (Å²) in [5.74, 6) is 0.248. The van der Waals surface area contributed by atoms with E-state index in [4.69, 9.17) is 0 Å². The summed E-state index contributed by atoms with van der Waals surface area (Å²) in [5, 5.41) is 0. The monoisotopic (exact) mass is 545 g/mol. The van der Waals surface area contributed by atoms with Crippen molar-refractivity contribution in [2.75, 3.05) is 0 Å². The fraction of sp³-hybridized carbons (Fsp3) is 0.0909. The summed E-state index contributed by atoms with van der Waals surface area (Å²) in [6.45, 7) is 0. The first kappa shape index (κ1) is 23.4. The molecule has 0 bridgehead atoms. The number of aromatic nitrogens is 1. The van der Waals surface area contributed by atoms with Crippen LogP contribution < -0.4 is 0 Å². The van der Waals surface area contributed by atoms with Crippen LogP contribution in [-0.2, 0) is 6.42 Å². The first-order chi connectivity index (χ1) is 18.1. The van der Waals surface area contributed by atoms with Crippen LogP contribution in [0.1, 0.15) is 49.9 Å². The molecule has 1 heterocycles. The molecule has 0 spiro atoms. The quantitative estimate of drug-likeness (QED) is 0.209. The first-order valence-electron chi connectivity index (χ1n) is 12.4. The van der Waals surface area contributed by atoms with Crippen molar-refractivity contribution in [2.45, 2.75) is 18.8 Å². The molecular weight excluding hydrogens is 522 g/mol. The summed E-state index contributed by atoms with van der Waals surface area (Å²) in [4.78, 5) is 26.7. The van der Waals surface area contributed by atoms with E-state index in [9.17, 15) is 9.59 Å². The van der Waals surface area contributed by atoms with Crippen LogP contribution in [0.2, 0.25) is 0 Å². The Hall–Kier alpha value is -4.02. The standard InChI is InChI=1S/C33H24BrNO2/c34-27-16-14-23(15-17-27)30-21-29-31(19-26(20-32(29)36)22-8-3-1-4-9-22)35(30)28-13-7-12-25(18-28)33(37)24-10-5-2-6-11-24/h1-18,21,26H,19-20H2/t26-/m1/s1.